The molecule has 34 heavy (non-hydrogen) atoms. The third-order valence-electron chi connectivity index (χ3n) is 6.57. The first-order chi connectivity index (χ1) is 16.6. The lowest BCUT2D eigenvalue weighted by atomic mass is 9.89. The lowest BCUT2D eigenvalue weighted by Gasteiger charge is -2.17. The first-order valence-electron chi connectivity index (χ1n) is 12.0. The minimum absolute atomic E-state index is 0.581. The highest BCUT2D eigenvalue weighted by Crippen LogP contribution is 2.50. The number of hydrogen-bond acceptors (Lipinski definition) is 2. The Labute approximate surface area is 205 Å². The van der Waals surface area contributed by atoms with Gasteiger partial charge in [-0.2, -0.15) is 0 Å². The minimum Gasteiger partial charge on any atom is -0.248 e. The van der Waals surface area contributed by atoms with Crippen LogP contribution in [0, 0.1) is 12.8 Å². The van der Waals surface area contributed by atoms with Crippen LogP contribution in [0.2, 0.25) is 0 Å². The first-order valence-corrected chi connectivity index (χ1v) is 12.8. The molecule has 0 amide bonds. The predicted octanol–water partition coefficient (Wildman–Crippen LogP) is 9.21. The van der Waals surface area contributed by atoms with Gasteiger partial charge in [-0.15, -0.1) is 0 Å². The number of nitrogens with zero attached hydrogens (tertiary/aromatic N) is 1. The number of aryl methyl sites for hydroxylation is 1. The van der Waals surface area contributed by atoms with Crippen molar-refractivity contribution in [1.82, 2.24) is 4.98 Å². The van der Waals surface area contributed by atoms with Crippen LogP contribution in [0.15, 0.2) is 101 Å². The molecule has 5 aromatic rings. The standard InChI is InChI=1S/C32H27NS/c1-20(2)17-22-19-29(33-28-16-15-21(3)18-27(22)28)26-12-8-14-31-32(26)25-11-5-4-9-23(25)24-10-6-7-13-30(24)34-31/h4-16,18-20H,17H2,1-3H3. The van der Waals surface area contributed by atoms with Gasteiger partial charge in [-0.1, -0.05) is 91.8 Å². The van der Waals surface area contributed by atoms with Gasteiger partial charge in [0.25, 0.3) is 0 Å². The van der Waals surface area contributed by atoms with Crippen molar-refractivity contribution in [3.8, 4) is 33.5 Å². The Balaban J connectivity index is 1.64. The summed E-state index contributed by atoms with van der Waals surface area (Å²) in [5, 5.41) is 1.28. The number of benzene rings is 4. The average molecular weight is 458 g/mol. The van der Waals surface area contributed by atoms with Crippen LogP contribution in [0.3, 0.4) is 0 Å². The second-order valence-electron chi connectivity index (χ2n) is 9.61. The van der Waals surface area contributed by atoms with Crippen molar-refractivity contribution < 1.29 is 0 Å². The fourth-order valence-corrected chi connectivity index (χ4v) is 6.24. The van der Waals surface area contributed by atoms with E-state index in [9.17, 15) is 0 Å². The van der Waals surface area contributed by atoms with E-state index < -0.39 is 0 Å². The monoisotopic (exact) mass is 457 g/mol. The smallest absolute Gasteiger partial charge is 0.0719 e. The third kappa shape index (κ3) is 3.63. The summed E-state index contributed by atoms with van der Waals surface area (Å²) in [6.07, 6.45) is 1.04. The molecule has 0 saturated carbocycles. The highest BCUT2D eigenvalue weighted by molar-refractivity contribution is 7.99. The van der Waals surface area contributed by atoms with Crippen molar-refractivity contribution >= 4 is 22.7 Å². The van der Waals surface area contributed by atoms with E-state index >= 15 is 0 Å². The molecule has 0 fully saturated rings. The van der Waals surface area contributed by atoms with Crippen molar-refractivity contribution in [2.24, 2.45) is 5.92 Å². The molecule has 0 spiro atoms. The Morgan fingerprint density at radius 3 is 2.24 bits per heavy atom. The van der Waals surface area contributed by atoms with Crippen LogP contribution in [-0.4, -0.2) is 4.98 Å². The summed E-state index contributed by atoms with van der Waals surface area (Å²) in [6.45, 7) is 6.75. The van der Waals surface area contributed by atoms with E-state index in [2.05, 4.69) is 112 Å². The minimum atomic E-state index is 0.581. The van der Waals surface area contributed by atoms with Crippen LogP contribution < -0.4 is 0 Å². The molecule has 0 radical (unpaired) electrons. The molecule has 4 aromatic carbocycles. The lowest BCUT2D eigenvalue weighted by molar-refractivity contribution is 0.650. The molecule has 0 unspecified atom stereocenters. The van der Waals surface area contributed by atoms with Crippen LogP contribution >= 0.6 is 11.8 Å². The van der Waals surface area contributed by atoms with Crippen molar-refractivity contribution in [2.75, 3.05) is 0 Å². The molecule has 0 atom stereocenters. The summed E-state index contributed by atoms with van der Waals surface area (Å²) in [7, 11) is 0. The van der Waals surface area contributed by atoms with E-state index in [1.807, 2.05) is 11.8 Å². The highest BCUT2D eigenvalue weighted by atomic mass is 32.2. The molecular formula is C32H27NS. The Morgan fingerprint density at radius 1 is 0.706 bits per heavy atom. The molecule has 1 aliphatic rings. The zero-order chi connectivity index (χ0) is 23.2. The van der Waals surface area contributed by atoms with Gasteiger partial charge in [-0.05, 0) is 71.8 Å². The predicted molar refractivity (Wildman–Crippen MR) is 145 cm³/mol. The molecule has 0 saturated heterocycles. The Kier molecular flexibility index (Phi) is 5.27. The first kappa shape index (κ1) is 21.2. The second-order valence-corrected chi connectivity index (χ2v) is 10.7. The summed E-state index contributed by atoms with van der Waals surface area (Å²) in [5.41, 5.74) is 11.2. The second kappa shape index (κ2) is 8.45. The fraction of sp³-hybridized carbons (Fsp3) is 0.156. The van der Waals surface area contributed by atoms with Crippen LogP contribution in [0.5, 0.6) is 0 Å². The summed E-state index contributed by atoms with van der Waals surface area (Å²) in [6, 6.07) is 33.2. The molecule has 0 N–H and O–H groups in total. The molecule has 2 heteroatoms. The Morgan fingerprint density at radius 2 is 1.41 bits per heavy atom. The number of rotatable bonds is 3. The quantitative estimate of drug-likeness (QED) is 0.263. The SMILES string of the molecule is Cc1ccc2nc(-c3cccc4c3-c3ccccc3-c3ccccc3S4)cc(CC(C)C)c2c1. The molecule has 1 nitrogen and oxygen atoms in total. The normalized spacial score (nSPS) is 12.2. The van der Waals surface area contributed by atoms with E-state index in [0.717, 1.165) is 17.6 Å². The summed E-state index contributed by atoms with van der Waals surface area (Å²) >= 11 is 1.86. The number of aromatic nitrogens is 1. The van der Waals surface area contributed by atoms with Crippen molar-refractivity contribution in [1.29, 1.82) is 0 Å². The van der Waals surface area contributed by atoms with Gasteiger partial charge in [0.15, 0.2) is 0 Å². The number of hydrogen-bond donors (Lipinski definition) is 0. The third-order valence-corrected chi connectivity index (χ3v) is 7.71. The zero-order valence-corrected chi connectivity index (χ0v) is 20.6. The molecule has 6 rings (SSSR count). The fourth-order valence-electron chi connectivity index (χ4n) is 5.10. The topological polar surface area (TPSA) is 12.9 Å². The number of fused-ring (bicyclic) bond motifs is 6. The van der Waals surface area contributed by atoms with Crippen LogP contribution in [-0.2, 0) is 6.42 Å². The highest BCUT2D eigenvalue weighted by Gasteiger charge is 2.23. The summed E-state index contributed by atoms with van der Waals surface area (Å²) < 4.78 is 0. The molecule has 0 aliphatic carbocycles. The van der Waals surface area contributed by atoms with Gasteiger partial charge < -0.3 is 0 Å². The Bertz CT molecular complexity index is 1550. The maximum absolute atomic E-state index is 5.21. The van der Waals surface area contributed by atoms with Crippen LogP contribution in [0.4, 0.5) is 0 Å². The van der Waals surface area contributed by atoms with Crippen molar-refractivity contribution in [3.05, 3.63) is 102 Å². The van der Waals surface area contributed by atoms with Gasteiger partial charge in [-0.3, -0.25) is 0 Å². The zero-order valence-electron chi connectivity index (χ0n) is 19.8. The van der Waals surface area contributed by atoms with E-state index in [-0.39, 0.29) is 0 Å². The number of pyridine rings is 1. The lowest BCUT2D eigenvalue weighted by Crippen LogP contribution is -1.99. The maximum Gasteiger partial charge on any atom is 0.0719 e. The van der Waals surface area contributed by atoms with Crippen molar-refractivity contribution in [3.63, 3.8) is 0 Å². The van der Waals surface area contributed by atoms with Gasteiger partial charge >= 0.3 is 0 Å². The molecule has 1 aliphatic heterocycles. The molecule has 0 bridgehead atoms. The Hall–Kier alpha value is -3.36. The molecule has 166 valence electrons. The maximum atomic E-state index is 5.21. The van der Waals surface area contributed by atoms with Gasteiger partial charge in [0.05, 0.1) is 11.2 Å². The molecular weight excluding hydrogens is 430 g/mol. The molecule has 1 aromatic heterocycles. The van der Waals surface area contributed by atoms with Crippen molar-refractivity contribution in [2.45, 2.75) is 37.0 Å². The van der Waals surface area contributed by atoms with Gasteiger partial charge in [-0.25, -0.2) is 4.98 Å². The van der Waals surface area contributed by atoms with Gasteiger partial charge in [0, 0.05) is 26.3 Å². The van der Waals surface area contributed by atoms with Crippen LogP contribution in [0.1, 0.15) is 25.0 Å². The largest absolute Gasteiger partial charge is 0.248 e. The summed E-state index contributed by atoms with van der Waals surface area (Å²) in [4.78, 5) is 7.79. The summed E-state index contributed by atoms with van der Waals surface area (Å²) in [5.74, 6) is 0.581. The van der Waals surface area contributed by atoms with E-state index in [4.69, 9.17) is 4.98 Å². The van der Waals surface area contributed by atoms with E-state index in [0.29, 0.717) is 5.92 Å². The van der Waals surface area contributed by atoms with Gasteiger partial charge in [0.1, 0.15) is 0 Å². The average Bonchev–Trinajstić information content (AvgIpc) is 2.98. The van der Waals surface area contributed by atoms with Crippen LogP contribution in [0.25, 0.3) is 44.4 Å². The van der Waals surface area contributed by atoms with E-state index in [1.54, 1.807) is 0 Å². The van der Waals surface area contributed by atoms with E-state index in [1.165, 1.54) is 54.1 Å². The van der Waals surface area contributed by atoms with Gasteiger partial charge in [0.2, 0.25) is 0 Å². The molecule has 2 heterocycles.